The molecule has 0 aromatic heterocycles. The van der Waals surface area contributed by atoms with Crippen LogP contribution in [0.2, 0.25) is 0 Å². The molecule has 0 aromatic carbocycles. The van der Waals surface area contributed by atoms with Crippen molar-refractivity contribution in [1.82, 2.24) is 0 Å². The van der Waals surface area contributed by atoms with E-state index in [0.717, 1.165) is 0 Å². The molecule has 1 rings (SSSR count). The summed E-state index contributed by atoms with van der Waals surface area (Å²) in [6.07, 6.45) is 9.87. The van der Waals surface area contributed by atoms with Crippen molar-refractivity contribution in [2.45, 2.75) is 12.8 Å². The summed E-state index contributed by atoms with van der Waals surface area (Å²) in [7, 11) is 1.38. The van der Waals surface area contributed by atoms with Crippen molar-refractivity contribution in [3.8, 4) is 0 Å². The van der Waals surface area contributed by atoms with E-state index >= 15 is 0 Å². The van der Waals surface area contributed by atoms with Gasteiger partial charge in [-0.25, -0.2) is 4.79 Å². The Morgan fingerprint density at radius 1 is 1.50 bits per heavy atom. The molecule has 1 unspecified atom stereocenters. The molecule has 3 heteroatoms. The largest absolute Gasteiger partial charge is 0.466 e. The predicted molar refractivity (Wildman–Crippen MR) is 60.3 cm³/mol. The van der Waals surface area contributed by atoms with E-state index in [2.05, 4.69) is 10.8 Å². The van der Waals surface area contributed by atoms with Crippen molar-refractivity contribution in [3.63, 3.8) is 0 Å². The topological polar surface area (TPSA) is 26.3 Å². The summed E-state index contributed by atoms with van der Waals surface area (Å²) in [6.45, 7) is 0. The van der Waals surface area contributed by atoms with Crippen molar-refractivity contribution >= 4 is 17.7 Å². The van der Waals surface area contributed by atoms with E-state index < -0.39 is 0 Å². The summed E-state index contributed by atoms with van der Waals surface area (Å²) < 4.78 is 4.48. The van der Waals surface area contributed by atoms with Crippen LogP contribution in [0.25, 0.3) is 0 Å². The predicted octanol–water partition coefficient (Wildman–Crippen LogP) is 2.42. The van der Waals surface area contributed by atoms with E-state index in [1.165, 1.54) is 37.5 Å². The number of rotatable bonds is 3. The van der Waals surface area contributed by atoms with Gasteiger partial charge in [-0.15, -0.1) is 0 Å². The van der Waals surface area contributed by atoms with Gasteiger partial charge in [0, 0.05) is 6.08 Å². The zero-order valence-corrected chi connectivity index (χ0v) is 9.26. The first-order chi connectivity index (χ1) is 6.83. The Hall–Kier alpha value is -0.700. The molecule has 0 bridgehead atoms. The number of carbonyl (C=O) groups is 1. The summed E-state index contributed by atoms with van der Waals surface area (Å²) in [4.78, 5) is 10.7. The highest BCUT2D eigenvalue weighted by Crippen LogP contribution is 2.23. The van der Waals surface area contributed by atoms with Crippen LogP contribution in [0.3, 0.4) is 0 Å². The molecule has 1 atom stereocenters. The molecule has 0 N–H and O–H groups in total. The van der Waals surface area contributed by atoms with Gasteiger partial charge in [-0.05, 0) is 30.3 Å². The Morgan fingerprint density at radius 3 is 3.00 bits per heavy atom. The monoisotopic (exact) mass is 212 g/mol. The first-order valence-electron chi connectivity index (χ1n) is 4.83. The highest BCUT2D eigenvalue weighted by atomic mass is 32.2. The van der Waals surface area contributed by atoms with Crippen LogP contribution >= 0.6 is 11.8 Å². The van der Waals surface area contributed by atoms with Gasteiger partial charge >= 0.3 is 5.97 Å². The van der Waals surface area contributed by atoms with Gasteiger partial charge in [-0.2, -0.15) is 11.8 Å². The molecule has 0 aliphatic carbocycles. The van der Waals surface area contributed by atoms with E-state index in [9.17, 15) is 4.79 Å². The van der Waals surface area contributed by atoms with E-state index in [1.54, 1.807) is 6.08 Å². The van der Waals surface area contributed by atoms with E-state index in [0.29, 0.717) is 5.92 Å². The number of carbonyl (C=O) groups excluding carboxylic acids is 1. The number of thioether (sulfide) groups is 1. The van der Waals surface area contributed by atoms with Crippen LogP contribution in [0.1, 0.15) is 12.8 Å². The lowest BCUT2D eigenvalue weighted by molar-refractivity contribution is -0.134. The minimum absolute atomic E-state index is 0.298. The van der Waals surface area contributed by atoms with Gasteiger partial charge in [0.05, 0.1) is 7.11 Å². The minimum Gasteiger partial charge on any atom is -0.466 e. The number of hydrogen-bond acceptors (Lipinski definition) is 3. The Morgan fingerprint density at radius 2 is 2.36 bits per heavy atom. The van der Waals surface area contributed by atoms with Gasteiger partial charge in [-0.1, -0.05) is 18.2 Å². The maximum Gasteiger partial charge on any atom is 0.330 e. The fourth-order valence-electron chi connectivity index (χ4n) is 1.34. The third kappa shape index (κ3) is 4.51. The SMILES string of the molecule is COC(=O)/C=C\C=C\C1CCCSC1. The standard InChI is InChI=1S/C11H16O2S/c1-13-11(12)7-3-2-5-10-6-4-8-14-9-10/h2-3,5,7,10H,4,6,8-9H2,1H3/b5-2+,7-3-. The van der Waals surface area contributed by atoms with Gasteiger partial charge in [0.2, 0.25) is 0 Å². The molecule has 1 heterocycles. The first kappa shape index (κ1) is 11.4. The van der Waals surface area contributed by atoms with Gasteiger partial charge in [0.1, 0.15) is 0 Å². The molecule has 0 saturated carbocycles. The zero-order valence-electron chi connectivity index (χ0n) is 8.44. The molecule has 0 aromatic rings. The van der Waals surface area contributed by atoms with Crippen molar-refractivity contribution in [2.75, 3.05) is 18.6 Å². The van der Waals surface area contributed by atoms with E-state index in [1.807, 2.05) is 17.8 Å². The molecule has 0 radical (unpaired) electrons. The van der Waals surface area contributed by atoms with Gasteiger partial charge in [0.15, 0.2) is 0 Å². The highest BCUT2D eigenvalue weighted by molar-refractivity contribution is 7.99. The number of methoxy groups -OCH3 is 1. The highest BCUT2D eigenvalue weighted by Gasteiger charge is 2.09. The van der Waals surface area contributed by atoms with Gasteiger partial charge in [-0.3, -0.25) is 0 Å². The summed E-state index contributed by atoms with van der Waals surface area (Å²) in [5, 5.41) is 0. The number of ether oxygens (including phenoxy) is 1. The maximum absolute atomic E-state index is 10.7. The molecule has 14 heavy (non-hydrogen) atoms. The Labute approximate surface area is 89.4 Å². The molecule has 1 aliphatic heterocycles. The average Bonchev–Trinajstić information content (AvgIpc) is 2.25. The summed E-state index contributed by atoms with van der Waals surface area (Å²) in [5.74, 6) is 2.88. The average molecular weight is 212 g/mol. The third-order valence-electron chi connectivity index (χ3n) is 2.12. The summed E-state index contributed by atoms with van der Waals surface area (Å²) in [6, 6.07) is 0. The Kier molecular flexibility index (Phi) is 5.45. The second-order valence-corrected chi connectivity index (χ2v) is 4.39. The van der Waals surface area contributed by atoms with Crippen LogP contribution in [0.4, 0.5) is 0 Å². The fourth-order valence-corrected chi connectivity index (χ4v) is 2.46. The molecular weight excluding hydrogens is 196 g/mol. The second-order valence-electron chi connectivity index (χ2n) is 3.24. The zero-order chi connectivity index (χ0) is 10.2. The lowest BCUT2D eigenvalue weighted by Gasteiger charge is -2.16. The minimum atomic E-state index is -0.298. The third-order valence-corrected chi connectivity index (χ3v) is 3.36. The summed E-state index contributed by atoms with van der Waals surface area (Å²) >= 11 is 2.00. The number of allylic oxidation sites excluding steroid dienone is 3. The van der Waals surface area contributed by atoms with Crippen molar-refractivity contribution in [2.24, 2.45) is 5.92 Å². The van der Waals surface area contributed by atoms with Crippen LogP contribution in [0.5, 0.6) is 0 Å². The van der Waals surface area contributed by atoms with Crippen LogP contribution < -0.4 is 0 Å². The normalized spacial score (nSPS) is 23.1. The molecule has 78 valence electrons. The molecule has 0 amide bonds. The molecule has 1 saturated heterocycles. The maximum atomic E-state index is 10.7. The molecule has 1 aliphatic rings. The molecule has 2 nitrogen and oxygen atoms in total. The Bertz CT molecular complexity index is 227. The molecule has 1 fully saturated rings. The van der Waals surface area contributed by atoms with Crippen LogP contribution in [-0.4, -0.2) is 24.6 Å². The van der Waals surface area contributed by atoms with Crippen LogP contribution in [0.15, 0.2) is 24.3 Å². The van der Waals surface area contributed by atoms with Crippen molar-refractivity contribution in [3.05, 3.63) is 24.3 Å². The van der Waals surface area contributed by atoms with Crippen LogP contribution in [-0.2, 0) is 9.53 Å². The molecular formula is C11H16O2S. The summed E-state index contributed by atoms with van der Waals surface area (Å²) in [5.41, 5.74) is 0. The smallest absolute Gasteiger partial charge is 0.330 e. The fraction of sp³-hybridized carbons (Fsp3) is 0.545. The van der Waals surface area contributed by atoms with Crippen molar-refractivity contribution in [1.29, 1.82) is 0 Å². The van der Waals surface area contributed by atoms with Gasteiger partial charge < -0.3 is 4.74 Å². The Balaban J connectivity index is 2.24. The quantitative estimate of drug-likeness (QED) is 0.408. The van der Waals surface area contributed by atoms with Crippen molar-refractivity contribution < 1.29 is 9.53 Å². The lowest BCUT2D eigenvalue weighted by Crippen LogP contribution is -2.06. The van der Waals surface area contributed by atoms with E-state index in [-0.39, 0.29) is 5.97 Å². The second kappa shape index (κ2) is 6.71. The molecule has 0 spiro atoms. The number of esters is 1. The first-order valence-corrected chi connectivity index (χ1v) is 5.99. The van der Waals surface area contributed by atoms with Crippen LogP contribution in [0, 0.1) is 5.92 Å². The van der Waals surface area contributed by atoms with Gasteiger partial charge in [0.25, 0.3) is 0 Å². The lowest BCUT2D eigenvalue weighted by atomic mass is 10.1. The number of hydrogen-bond donors (Lipinski definition) is 0. The van der Waals surface area contributed by atoms with E-state index in [4.69, 9.17) is 0 Å².